The van der Waals surface area contributed by atoms with Crippen molar-refractivity contribution >= 4 is 18.3 Å². The van der Waals surface area contributed by atoms with Crippen molar-refractivity contribution in [1.82, 2.24) is 10.6 Å². The Morgan fingerprint density at radius 1 is 1.30 bits per heavy atom. The summed E-state index contributed by atoms with van der Waals surface area (Å²) >= 11 is 0. The fourth-order valence-corrected chi connectivity index (χ4v) is 2.59. The molecule has 1 amide bonds. The smallest absolute Gasteiger partial charge is 0.224 e. The van der Waals surface area contributed by atoms with Gasteiger partial charge in [-0.25, -0.2) is 0 Å². The summed E-state index contributed by atoms with van der Waals surface area (Å²) in [7, 11) is 0. The Bertz CT molecular complexity index is 281. The minimum atomic E-state index is 0. The SMILES string of the molecule is CC(C)CCC(NC(=O)C1CCCNC1)C(C)(C)C.Cl. The maximum Gasteiger partial charge on any atom is 0.224 e. The number of hydrogen-bond acceptors (Lipinski definition) is 2. The summed E-state index contributed by atoms with van der Waals surface area (Å²) in [5, 5.41) is 6.62. The zero-order valence-electron chi connectivity index (χ0n) is 13.8. The highest BCUT2D eigenvalue weighted by atomic mass is 35.5. The molecule has 1 aliphatic heterocycles. The van der Waals surface area contributed by atoms with Gasteiger partial charge in [0.05, 0.1) is 5.92 Å². The van der Waals surface area contributed by atoms with E-state index in [9.17, 15) is 4.79 Å². The highest BCUT2D eigenvalue weighted by Crippen LogP contribution is 2.25. The molecule has 0 aromatic heterocycles. The summed E-state index contributed by atoms with van der Waals surface area (Å²) < 4.78 is 0. The maximum absolute atomic E-state index is 12.3. The second-order valence-corrected chi connectivity index (χ2v) is 7.44. The second kappa shape index (κ2) is 8.89. The van der Waals surface area contributed by atoms with Crippen LogP contribution in [0.4, 0.5) is 0 Å². The van der Waals surface area contributed by atoms with Crippen molar-refractivity contribution in [2.45, 2.75) is 66.3 Å². The lowest BCUT2D eigenvalue weighted by Gasteiger charge is -2.34. The van der Waals surface area contributed by atoms with E-state index in [2.05, 4.69) is 45.3 Å². The van der Waals surface area contributed by atoms with Crippen LogP contribution in [0.3, 0.4) is 0 Å². The lowest BCUT2D eigenvalue weighted by Crippen LogP contribution is -2.49. The molecule has 0 radical (unpaired) electrons. The van der Waals surface area contributed by atoms with Crippen molar-refractivity contribution in [2.75, 3.05) is 13.1 Å². The fraction of sp³-hybridized carbons (Fsp3) is 0.938. The van der Waals surface area contributed by atoms with Crippen LogP contribution in [0.2, 0.25) is 0 Å². The van der Waals surface area contributed by atoms with Crippen LogP contribution in [0, 0.1) is 17.3 Å². The standard InChI is InChI=1S/C16H32N2O.ClH/c1-12(2)8-9-14(16(3,4)5)18-15(19)13-7-6-10-17-11-13;/h12-14,17H,6-11H2,1-5H3,(H,18,19);1H. The van der Waals surface area contributed by atoms with Crippen molar-refractivity contribution in [3.05, 3.63) is 0 Å². The molecule has 1 rings (SSSR count). The quantitative estimate of drug-likeness (QED) is 0.817. The highest BCUT2D eigenvalue weighted by molar-refractivity contribution is 5.85. The van der Waals surface area contributed by atoms with Crippen LogP contribution in [0.15, 0.2) is 0 Å². The Labute approximate surface area is 131 Å². The Morgan fingerprint density at radius 3 is 2.40 bits per heavy atom. The molecule has 1 aliphatic rings. The normalized spacial score (nSPS) is 21.2. The number of rotatable bonds is 5. The van der Waals surface area contributed by atoms with Crippen molar-refractivity contribution in [2.24, 2.45) is 17.3 Å². The van der Waals surface area contributed by atoms with Crippen LogP contribution in [-0.2, 0) is 4.79 Å². The Kier molecular flexibility index (Phi) is 8.76. The van der Waals surface area contributed by atoms with Crippen molar-refractivity contribution in [3.8, 4) is 0 Å². The molecule has 2 unspecified atom stereocenters. The van der Waals surface area contributed by atoms with Gasteiger partial charge in [-0.3, -0.25) is 4.79 Å². The molecule has 1 heterocycles. The number of amides is 1. The van der Waals surface area contributed by atoms with Crippen LogP contribution < -0.4 is 10.6 Å². The third-order valence-corrected chi connectivity index (χ3v) is 4.06. The van der Waals surface area contributed by atoms with Crippen molar-refractivity contribution < 1.29 is 4.79 Å². The first kappa shape index (κ1) is 19.7. The van der Waals surface area contributed by atoms with E-state index in [1.165, 1.54) is 6.42 Å². The molecular formula is C16H33ClN2O. The zero-order valence-corrected chi connectivity index (χ0v) is 14.6. The van der Waals surface area contributed by atoms with E-state index in [-0.39, 0.29) is 35.7 Å². The predicted molar refractivity (Wildman–Crippen MR) is 88.3 cm³/mol. The van der Waals surface area contributed by atoms with E-state index in [0.29, 0.717) is 5.92 Å². The molecular weight excluding hydrogens is 272 g/mol. The number of hydrogen-bond donors (Lipinski definition) is 2. The monoisotopic (exact) mass is 304 g/mol. The molecule has 0 aromatic carbocycles. The molecule has 3 nitrogen and oxygen atoms in total. The molecule has 0 aliphatic carbocycles. The Balaban J connectivity index is 0.00000361. The molecule has 0 saturated carbocycles. The van der Waals surface area contributed by atoms with E-state index in [4.69, 9.17) is 0 Å². The lowest BCUT2D eigenvalue weighted by atomic mass is 9.82. The van der Waals surface area contributed by atoms with E-state index < -0.39 is 0 Å². The molecule has 0 spiro atoms. The largest absolute Gasteiger partial charge is 0.353 e. The van der Waals surface area contributed by atoms with Crippen LogP contribution in [0.1, 0.15) is 60.3 Å². The van der Waals surface area contributed by atoms with Crippen LogP contribution in [0.5, 0.6) is 0 Å². The number of nitrogens with one attached hydrogen (secondary N) is 2. The summed E-state index contributed by atoms with van der Waals surface area (Å²) in [4.78, 5) is 12.3. The van der Waals surface area contributed by atoms with Gasteiger partial charge in [-0.1, -0.05) is 34.6 Å². The van der Waals surface area contributed by atoms with E-state index in [1.807, 2.05) is 0 Å². The van der Waals surface area contributed by atoms with Gasteiger partial charge >= 0.3 is 0 Å². The summed E-state index contributed by atoms with van der Waals surface area (Å²) in [6.45, 7) is 13.0. The highest BCUT2D eigenvalue weighted by Gasteiger charge is 2.29. The van der Waals surface area contributed by atoms with E-state index in [1.54, 1.807) is 0 Å². The van der Waals surface area contributed by atoms with Gasteiger partial charge in [0.15, 0.2) is 0 Å². The minimum Gasteiger partial charge on any atom is -0.353 e. The molecule has 1 saturated heterocycles. The van der Waals surface area contributed by atoms with Gasteiger partial charge in [0.25, 0.3) is 0 Å². The molecule has 120 valence electrons. The summed E-state index contributed by atoms with van der Waals surface area (Å²) in [6.07, 6.45) is 4.39. The Hall–Kier alpha value is -0.280. The van der Waals surface area contributed by atoms with Gasteiger partial charge in [-0.15, -0.1) is 12.4 Å². The topological polar surface area (TPSA) is 41.1 Å². The summed E-state index contributed by atoms with van der Waals surface area (Å²) in [5.74, 6) is 1.10. The average molecular weight is 305 g/mol. The van der Waals surface area contributed by atoms with Gasteiger partial charge < -0.3 is 10.6 Å². The predicted octanol–water partition coefficient (Wildman–Crippen LogP) is 3.37. The third-order valence-electron chi connectivity index (χ3n) is 4.06. The first-order chi connectivity index (χ1) is 8.80. The van der Waals surface area contributed by atoms with Crippen LogP contribution >= 0.6 is 12.4 Å². The van der Waals surface area contributed by atoms with E-state index in [0.717, 1.165) is 32.4 Å². The van der Waals surface area contributed by atoms with Gasteiger partial charge in [-0.05, 0) is 43.6 Å². The van der Waals surface area contributed by atoms with Gasteiger partial charge in [0.1, 0.15) is 0 Å². The maximum atomic E-state index is 12.3. The first-order valence-corrected chi connectivity index (χ1v) is 7.81. The molecule has 1 fully saturated rings. The molecule has 0 aromatic rings. The summed E-state index contributed by atoms with van der Waals surface area (Å²) in [6, 6.07) is 0.282. The van der Waals surface area contributed by atoms with Gasteiger partial charge in [0, 0.05) is 12.6 Å². The minimum absolute atomic E-state index is 0. The van der Waals surface area contributed by atoms with Gasteiger partial charge in [0.2, 0.25) is 5.91 Å². The van der Waals surface area contributed by atoms with Crippen molar-refractivity contribution in [3.63, 3.8) is 0 Å². The summed E-state index contributed by atoms with van der Waals surface area (Å²) in [5.41, 5.74) is 0.132. The molecule has 2 atom stereocenters. The first-order valence-electron chi connectivity index (χ1n) is 7.81. The molecule has 0 bridgehead atoms. The van der Waals surface area contributed by atoms with Gasteiger partial charge in [-0.2, -0.15) is 0 Å². The third kappa shape index (κ3) is 6.94. The number of carbonyl (C=O) groups excluding carboxylic acids is 1. The van der Waals surface area contributed by atoms with Crippen LogP contribution in [-0.4, -0.2) is 25.0 Å². The zero-order chi connectivity index (χ0) is 14.5. The van der Waals surface area contributed by atoms with Crippen molar-refractivity contribution in [1.29, 1.82) is 0 Å². The molecule has 4 heteroatoms. The van der Waals surface area contributed by atoms with E-state index >= 15 is 0 Å². The fourth-order valence-electron chi connectivity index (χ4n) is 2.59. The average Bonchev–Trinajstić information content (AvgIpc) is 2.33. The number of carbonyl (C=O) groups is 1. The molecule has 20 heavy (non-hydrogen) atoms. The molecule has 2 N–H and O–H groups in total. The van der Waals surface area contributed by atoms with Crippen LogP contribution in [0.25, 0.3) is 0 Å². The number of piperidine rings is 1. The Morgan fingerprint density at radius 2 is 1.95 bits per heavy atom. The number of halogens is 1. The lowest BCUT2D eigenvalue weighted by molar-refractivity contribution is -0.127. The second-order valence-electron chi connectivity index (χ2n) is 7.44.